The third-order valence-electron chi connectivity index (χ3n) is 8.29. The number of amides is 2. The van der Waals surface area contributed by atoms with Gasteiger partial charge in [0.05, 0.1) is 28.5 Å². The van der Waals surface area contributed by atoms with Gasteiger partial charge in [0, 0.05) is 32.6 Å². The largest absolute Gasteiger partial charge is 0.494 e. The van der Waals surface area contributed by atoms with Crippen molar-refractivity contribution in [2.24, 2.45) is 0 Å². The normalized spacial score (nSPS) is 23.4. The van der Waals surface area contributed by atoms with Gasteiger partial charge in [-0.25, -0.2) is 8.78 Å². The fourth-order valence-electron chi connectivity index (χ4n) is 5.31. The Morgan fingerprint density at radius 3 is 2.00 bits per heavy atom. The molecule has 3 aliphatic rings. The molecule has 1 unspecified atom stereocenters. The fourth-order valence-corrected chi connectivity index (χ4v) is 5.31. The molecule has 0 radical (unpaired) electrons. The van der Waals surface area contributed by atoms with Gasteiger partial charge in [-0.1, -0.05) is 12.1 Å². The van der Waals surface area contributed by atoms with Crippen LogP contribution in [0.2, 0.25) is 0 Å². The Hall–Kier alpha value is -2.98. The van der Waals surface area contributed by atoms with Gasteiger partial charge in [-0.05, 0) is 75.8 Å². The van der Waals surface area contributed by atoms with E-state index in [1.54, 1.807) is 18.2 Å². The van der Waals surface area contributed by atoms with Crippen molar-refractivity contribution in [3.63, 3.8) is 0 Å². The third kappa shape index (κ3) is 5.03. The molecule has 202 valence electrons. The van der Waals surface area contributed by atoms with E-state index in [0.717, 1.165) is 6.42 Å². The molecule has 7 nitrogen and oxygen atoms in total. The summed E-state index contributed by atoms with van der Waals surface area (Å²) >= 11 is 0. The van der Waals surface area contributed by atoms with Gasteiger partial charge in [0.2, 0.25) is 11.8 Å². The van der Waals surface area contributed by atoms with Gasteiger partial charge >= 0.3 is 7.12 Å². The molecule has 1 N–H and O–H groups in total. The minimum atomic E-state index is -0.630. The quantitative estimate of drug-likeness (QED) is 0.487. The smallest absolute Gasteiger partial charge is 0.399 e. The number of rotatable bonds is 4. The first-order chi connectivity index (χ1) is 17.9. The third-order valence-corrected chi connectivity index (χ3v) is 8.29. The molecular weight excluding hydrogens is 491 g/mol. The molecule has 0 saturated carbocycles. The van der Waals surface area contributed by atoms with Gasteiger partial charge in [-0.2, -0.15) is 0 Å². The standard InChI is InChI=1S/C28H34BF2N3O4/c1-27(2)28(3,4)38-29(37-27)19-7-10-24(22(31)17-19)34-13-5-12-33(14-15-34)23-9-6-18(16-21(23)30)20-8-11-25(35)32-26(20)36/h6-7,9-10,16-17,20H,5,8,11-15H2,1-4H3,(H,32,35,36). The molecule has 1 atom stereocenters. The molecule has 2 aromatic rings. The lowest BCUT2D eigenvalue weighted by Crippen LogP contribution is -2.41. The summed E-state index contributed by atoms with van der Waals surface area (Å²) in [5.41, 5.74) is 1.16. The number of nitrogens with one attached hydrogen (secondary N) is 1. The Bertz CT molecular complexity index is 1240. The minimum Gasteiger partial charge on any atom is -0.399 e. The molecule has 2 aromatic carbocycles. The average molecular weight is 525 g/mol. The summed E-state index contributed by atoms with van der Waals surface area (Å²) < 4.78 is 42.6. The zero-order valence-corrected chi connectivity index (χ0v) is 22.4. The summed E-state index contributed by atoms with van der Waals surface area (Å²) in [7, 11) is -0.630. The topological polar surface area (TPSA) is 71.1 Å². The summed E-state index contributed by atoms with van der Waals surface area (Å²) in [6.45, 7) is 10.2. The Kier molecular flexibility index (Phi) is 6.98. The molecule has 0 aromatic heterocycles. The van der Waals surface area contributed by atoms with E-state index in [2.05, 4.69) is 5.32 Å². The average Bonchev–Trinajstić information content (AvgIpc) is 2.98. The van der Waals surface area contributed by atoms with Crippen LogP contribution < -0.4 is 20.6 Å². The lowest BCUT2D eigenvalue weighted by Gasteiger charge is -2.32. The molecule has 0 bridgehead atoms. The molecule has 3 fully saturated rings. The van der Waals surface area contributed by atoms with E-state index >= 15 is 8.78 Å². The number of benzene rings is 2. The van der Waals surface area contributed by atoms with E-state index in [1.807, 2.05) is 43.6 Å². The summed E-state index contributed by atoms with van der Waals surface area (Å²) in [4.78, 5) is 27.6. The van der Waals surface area contributed by atoms with Crippen LogP contribution in [0.5, 0.6) is 0 Å². The Labute approximate surface area is 222 Å². The maximum absolute atomic E-state index is 15.3. The zero-order chi connectivity index (χ0) is 27.2. The fraction of sp³-hybridized carbons (Fsp3) is 0.500. The van der Waals surface area contributed by atoms with E-state index in [1.165, 1.54) is 12.1 Å². The molecule has 3 heterocycles. The number of hydrogen-bond donors (Lipinski definition) is 1. The summed E-state index contributed by atoms with van der Waals surface area (Å²) in [6, 6.07) is 9.94. The van der Waals surface area contributed by atoms with Crippen molar-refractivity contribution >= 4 is 35.8 Å². The van der Waals surface area contributed by atoms with Crippen molar-refractivity contribution in [3.05, 3.63) is 53.6 Å². The molecule has 3 saturated heterocycles. The van der Waals surface area contributed by atoms with Crippen molar-refractivity contribution in [2.75, 3.05) is 36.0 Å². The van der Waals surface area contributed by atoms with Crippen LogP contribution in [0.4, 0.5) is 20.2 Å². The van der Waals surface area contributed by atoms with Crippen molar-refractivity contribution < 1.29 is 27.7 Å². The number of nitrogens with zero attached hydrogens (tertiary/aromatic N) is 2. The van der Waals surface area contributed by atoms with Gasteiger partial charge in [0.1, 0.15) is 11.6 Å². The molecule has 2 amide bonds. The monoisotopic (exact) mass is 525 g/mol. The van der Waals surface area contributed by atoms with E-state index in [9.17, 15) is 9.59 Å². The zero-order valence-electron chi connectivity index (χ0n) is 22.4. The Morgan fingerprint density at radius 1 is 0.868 bits per heavy atom. The number of hydrogen-bond acceptors (Lipinski definition) is 6. The second kappa shape index (κ2) is 9.96. The van der Waals surface area contributed by atoms with Gasteiger partial charge in [-0.15, -0.1) is 0 Å². The maximum atomic E-state index is 15.3. The number of piperidine rings is 1. The molecule has 5 rings (SSSR count). The highest BCUT2D eigenvalue weighted by Crippen LogP contribution is 2.37. The lowest BCUT2D eigenvalue weighted by atomic mass is 9.79. The van der Waals surface area contributed by atoms with E-state index in [0.29, 0.717) is 55.0 Å². The van der Waals surface area contributed by atoms with Crippen LogP contribution in [0.15, 0.2) is 36.4 Å². The highest BCUT2D eigenvalue weighted by molar-refractivity contribution is 6.62. The predicted molar refractivity (Wildman–Crippen MR) is 143 cm³/mol. The highest BCUT2D eigenvalue weighted by atomic mass is 19.1. The van der Waals surface area contributed by atoms with Crippen LogP contribution in [-0.2, 0) is 18.9 Å². The molecule has 10 heteroatoms. The number of carbonyl (C=O) groups is 2. The first-order valence-electron chi connectivity index (χ1n) is 13.2. The number of carbonyl (C=O) groups excluding carboxylic acids is 2. The van der Waals surface area contributed by atoms with E-state index in [-0.39, 0.29) is 24.1 Å². The van der Waals surface area contributed by atoms with Crippen LogP contribution in [-0.4, -0.2) is 56.3 Å². The van der Waals surface area contributed by atoms with Crippen molar-refractivity contribution in [1.82, 2.24) is 5.32 Å². The SMILES string of the molecule is CC1(C)OB(c2ccc(N3CCCN(c4ccc(C5CCC(=O)NC5=O)cc4F)CC3)c(F)c2)OC1(C)C. The summed E-state index contributed by atoms with van der Waals surface area (Å²) in [5.74, 6) is -1.95. The van der Waals surface area contributed by atoms with Crippen molar-refractivity contribution in [2.45, 2.75) is 64.1 Å². The van der Waals surface area contributed by atoms with Crippen LogP contribution in [0.25, 0.3) is 0 Å². The van der Waals surface area contributed by atoms with Crippen LogP contribution in [0, 0.1) is 11.6 Å². The van der Waals surface area contributed by atoms with Crippen LogP contribution in [0.3, 0.4) is 0 Å². The first kappa shape index (κ1) is 26.6. The second-order valence-electron chi connectivity index (χ2n) is 11.3. The summed E-state index contributed by atoms with van der Waals surface area (Å²) in [5, 5.41) is 2.32. The van der Waals surface area contributed by atoms with Crippen molar-refractivity contribution in [1.29, 1.82) is 0 Å². The van der Waals surface area contributed by atoms with Gasteiger partial charge in [-0.3, -0.25) is 14.9 Å². The molecule has 3 aliphatic heterocycles. The molecular formula is C28H34BF2N3O4. The van der Waals surface area contributed by atoms with Gasteiger partial charge in [0.15, 0.2) is 0 Å². The lowest BCUT2D eigenvalue weighted by molar-refractivity contribution is -0.134. The van der Waals surface area contributed by atoms with E-state index in [4.69, 9.17) is 9.31 Å². The molecule has 0 spiro atoms. The Balaban J connectivity index is 1.26. The second-order valence-corrected chi connectivity index (χ2v) is 11.3. The van der Waals surface area contributed by atoms with Gasteiger partial charge < -0.3 is 19.1 Å². The summed E-state index contributed by atoms with van der Waals surface area (Å²) in [6.07, 6.45) is 1.35. The molecule has 38 heavy (non-hydrogen) atoms. The predicted octanol–water partition coefficient (Wildman–Crippen LogP) is 3.50. The maximum Gasteiger partial charge on any atom is 0.494 e. The van der Waals surface area contributed by atoms with Crippen LogP contribution in [0.1, 0.15) is 58.4 Å². The number of halogens is 2. The minimum absolute atomic E-state index is 0.246. The van der Waals surface area contributed by atoms with Crippen LogP contribution >= 0.6 is 0 Å². The van der Waals surface area contributed by atoms with Crippen molar-refractivity contribution in [3.8, 4) is 0 Å². The molecule has 0 aliphatic carbocycles. The van der Waals surface area contributed by atoms with E-state index < -0.39 is 30.1 Å². The number of imide groups is 1. The van der Waals surface area contributed by atoms with Gasteiger partial charge in [0.25, 0.3) is 0 Å². The highest BCUT2D eigenvalue weighted by Gasteiger charge is 2.51. The Morgan fingerprint density at radius 2 is 1.45 bits per heavy atom. The number of anilines is 2. The first-order valence-corrected chi connectivity index (χ1v) is 13.2.